The molecule has 0 radical (unpaired) electrons. The van der Waals surface area contributed by atoms with Crippen LogP contribution in [0.25, 0.3) is 0 Å². The van der Waals surface area contributed by atoms with Crippen LogP contribution in [0.3, 0.4) is 0 Å². The highest BCUT2D eigenvalue weighted by molar-refractivity contribution is 5.23. The van der Waals surface area contributed by atoms with Crippen LogP contribution in [0, 0.1) is 5.82 Å². The first-order valence-corrected chi connectivity index (χ1v) is 5.76. The summed E-state index contributed by atoms with van der Waals surface area (Å²) in [6.45, 7) is 1.50. The smallest absolute Gasteiger partial charge is 0.314 e. The second-order valence-corrected chi connectivity index (χ2v) is 4.25. The summed E-state index contributed by atoms with van der Waals surface area (Å²) in [6.07, 6.45) is -4.47. The lowest BCUT2D eigenvalue weighted by Crippen LogP contribution is -2.49. The SMILES string of the molecule is Fc1ccccc1[C@H](N1CCNCC1)C(F)(F)F. The predicted octanol–water partition coefficient (Wildman–Crippen LogP) is 2.33. The van der Waals surface area contributed by atoms with Gasteiger partial charge in [0.25, 0.3) is 0 Å². The molecule has 0 saturated carbocycles. The van der Waals surface area contributed by atoms with Gasteiger partial charge in [-0.25, -0.2) is 4.39 Å². The van der Waals surface area contributed by atoms with Crippen LogP contribution in [0.2, 0.25) is 0 Å². The molecule has 1 aromatic rings. The molecule has 1 heterocycles. The van der Waals surface area contributed by atoms with E-state index in [1.165, 1.54) is 23.1 Å². The van der Waals surface area contributed by atoms with Gasteiger partial charge in [0.15, 0.2) is 0 Å². The van der Waals surface area contributed by atoms with E-state index in [-0.39, 0.29) is 18.7 Å². The Labute approximate surface area is 103 Å². The highest BCUT2D eigenvalue weighted by Gasteiger charge is 2.45. The molecule has 1 aliphatic heterocycles. The second kappa shape index (κ2) is 5.24. The fourth-order valence-electron chi connectivity index (χ4n) is 2.22. The van der Waals surface area contributed by atoms with Crippen LogP contribution in [-0.4, -0.2) is 37.3 Å². The van der Waals surface area contributed by atoms with Gasteiger partial charge in [0.2, 0.25) is 0 Å². The fourth-order valence-corrected chi connectivity index (χ4v) is 2.22. The maximum absolute atomic E-state index is 13.6. The third kappa shape index (κ3) is 2.81. The third-order valence-corrected chi connectivity index (χ3v) is 3.03. The van der Waals surface area contributed by atoms with E-state index in [0.717, 1.165) is 6.07 Å². The Balaban J connectivity index is 2.34. The molecule has 6 heteroatoms. The van der Waals surface area contributed by atoms with E-state index >= 15 is 0 Å². The molecule has 1 atom stereocenters. The molecular weight excluding hydrogens is 248 g/mol. The zero-order valence-electron chi connectivity index (χ0n) is 9.67. The Morgan fingerprint density at radius 2 is 1.72 bits per heavy atom. The average Bonchev–Trinajstić information content (AvgIpc) is 2.32. The van der Waals surface area contributed by atoms with E-state index in [1.54, 1.807) is 0 Å². The molecule has 0 aromatic heterocycles. The molecule has 0 bridgehead atoms. The van der Waals surface area contributed by atoms with Crippen LogP contribution in [-0.2, 0) is 0 Å². The lowest BCUT2D eigenvalue weighted by molar-refractivity contribution is -0.188. The Morgan fingerprint density at radius 1 is 1.11 bits per heavy atom. The van der Waals surface area contributed by atoms with Crippen LogP contribution < -0.4 is 5.32 Å². The van der Waals surface area contributed by atoms with Gasteiger partial charge in [0.05, 0.1) is 0 Å². The topological polar surface area (TPSA) is 15.3 Å². The number of rotatable bonds is 2. The number of nitrogens with one attached hydrogen (secondary N) is 1. The number of piperazine rings is 1. The van der Waals surface area contributed by atoms with E-state index in [2.05, 4.69) is 5.32 Å². The van der Waals surface area contributed by atoms with Crippen molar-refractivity contribution in [2.24, 2.45) is 0 Å². The summed E-state index contributed by atoms with van der Waals surface area (Å²) < 4.78 is 53.0. The average molecular weight is 262 g/mol. The van der Waals surface area contributed by atoms with Crippen molar-refractivity contribution in [3.63, 3.8) is 0 Å². The summed E-state index contributed by atoms with van der Waals surface area (Å²) in [5, 5.41) is 2.98. The van der Waals surface area contributed by atoms with E-state index in [0.29, 0.717) is 13.1 Å². The normalized spacial score (nSPS) is 19.8. The quantitative estimate of drug-likeness (QED) is 0.823. The Hall–Kier alpha value is -1.14. The zero-order chi connectivity index (χ0) is 13.2. The summed E-state index contributed by atoms with van der Waals surface area (Å²) in [5.41, 5.74) is -0.299. The first-order chi connectivity index (χ1) is 8.50. The minimum absolute atomic E-state index is 0.262. The number of hydrogen-bond acceptors (Lipinski definition) is 2. The van der Waals surface area contributed by atoms with Crippen LogP contribution >= 0.6 is 0 Å². The highest BCUT2D eigenvalue weighted by atomic mass is 19.4. The van der Waals surface area contributed by atoms with E-state index in [1.807, 2.05) is 0 Å². The van der Waals surface area contributed by atoms with Crippen LogP contribution in [0.4, 0.5) is 17.6 Å². The van der Waals surface area contributed by atoms with Crippen molar-refractivity contribution < 1.29 is 17.6 Å². The summed E-state index contributed by atoms with van der Waals surface area (Å²) in [6, 6.07) is 3.23. The molecule has 0 unspecified atom stereocenters. The molecule has 1 aliphatic rings. The van der Waals surface area contributed by atoms with E-state index in [4.69, 9.17) is 0 Å². The first-order valence-electron chi connectivity index (χ1n) is 5.76. The monoisotopic (exact) mass is 262 g/mol. The van der Waals surface area contributed by atoms with Crippen molar-refractivity contribution in [1.82, 2.24) is 10.2 Å². The van der Waals surface area contributed by atoms with Crippen molar-refractivity contribution in [3.8, 4) is 0 Å². The van der Waals surface area contributed by atoms with Crippen molar-refractivity contribution in [2.45, 2.75) is 12.2 Å². The summed E-state index contributed by atoms with van der Waals surface area (Å²) in [5.74, 6) is -0.807. The minimum atomic E-state index is -4.47. The molecule has 2 nitrogen and oxygen atoms in total. The molecule has 0 aliphatic carbocycles. The van der Waals surface area contributed by atoms with Gasteiger partial charge in [-0.2, -0.15) is 13.2 Å². The number of halogens is 4. The van der Waals surface area contributed by atoms with Gasteiger partial charge < -0.3 is 5.32 Å². The van der Waals surface area contributed by atoms with E-state index in [9.17, 15) is 17.6 Å². The van der Waals surface area contributed by atoms with Crippen LogP contribution in [0.5, 0.6) is 0 Å². The molecule has 1 aromatic carbocycles. The van der Waals surface area contributed by atoms with Gasteiger partial charge in [-0.1, -0.05) is 18.2 Å². The van der Waals surface area contributed by atoms with Crippen LogP contribution in [0.1, 0.15) is 11.6 Å². The largest absolute Gasteiger partial charge is 0.408 e. The van der Waals surface area contributed by atoms with Gasteiger partial charge in [-0.3, -0.25) is 4.90 Å². The van der Waals surface area contributed by atoms with Gasteiger partial charge in [0.1, 0.15) is 11.9 Å². The van der Waals surface area contributed by atoms with Crippen LogP contribution in [0.15, 0.2) is 24.3 Å². The van der Waals surface area contributed by atoms with Crippen molar-refractivity contribution >= 4 is 0 Å². The Morgan fingerprint density at radius 3 is 2.28 bits per heavy atom. The number of alkyl halides is 3. The first kappa shape index (κ1) is 13.3. The summed E-state index contributed by atoms with van der Waals surface area (Å²) >= 11 is 0. The van der Waals surface area contributed by atoms with Gasteiger partial charge in [-0.15, -0.1) is 0 Å². The van der Waals surface area contributed by atoms with Crippen molar-refractivity contribution in [1.29, 1.82) is 0 Å². The maximum Gasteiger partial charge on any atom is 0.408 e. The molecule has 1 N–H and O–H groups in total. The lowest BCUT2D eigenvalue weighted by Gasteiger charge is -2.36. The zero-order valence-corrected chi connectivity index (χ0v) is 9.67. The lowest BCUT2D eigenvalue weighted by atomic mass is 10.0. The molecule has 18 heavy (non-hydrogen) atoms. The summed E-state index contributed by atoms with van der Waals surface area (Å²) in [4.78, 5) is 1.27. The molecular formula is C12H14F4N2. The molecule has 0 amide bonds. The standard InChI is InChI=1S/C12H14F4N2/c13-10-4-2-1-3-9(10)11(12(14,15)16)18-7-5-17-6-8-18/h1-4,11,17H,5-8H2/t11-/m0/s1. The number of benzene rings is 1. The van der Waals surface area contributed by atoms with Crippen molar-refractivity contribution in [3.05, 3.63) is 35.6 Å². The second-order valence-electron chi connectivity index (χ2n) is 4.25. The highest BCUT2D eigenvalue weighted by Crippen LogP contribution is 2.38. The molecule has 1 saturated heterocycles. The molecule has 100 valence electrons. The minimum Gasteiger partial charge on any atom is -0.314 e. The van der Waals surface area contributed by atoms with Crippen molar-refractivity contribution in [2.75, 3.05) is 26.2 Å². The van der Waals surface area contributed by atoms with Gasteiger partial charge >= 0.3 is 6.18 Å². The van der Waals surface area contributed by atoms with E-state index < -0.39 is 18.0 Å². The number of nitrogens with zero attached hydrogens (tertiary/aromatic N) is 1. The summed E-state index contributed by atoms with van der Waals surface area (Å²) in [7, 11) is 0. The Kier molecular flexibility index (Phi) is 3.87. The Bertz CT molecular complexity index is 399. The van der Waals surface area contributed by atoms with Gasteiger partial charge in [0, 0.05) is 31.7 Å². The predicted molar refractivity (Wildman–Crippen MR) is 59.6 cm³/mol. The molecule has 1 fully saturated rings. The number of hydrogen-bond donors (Lipinski definition) is 1. The molecule has 2 rings (SSSR count). The third-order valence-electron chi connectivity index (χ3n) is 3.03. The maximum atomic E-state index is 13.6. The van der Waals surface area contributed by atoms with Gasteiger partial charge in [-0.05, 0) is 6.07 Å². The fraction of sp³-hybridized carbons (Fsp3) is 0.500. The molecule has 0 spiro atoms.